The number of rotatable bonds is 5. The van der Waals surface area contributed by atoms with Crippen molar-refractivity contribution in [1.29, 1.82) is 0 Å². The van der Waals surface area contributed by atoms with Gasteiger partial charge in [0.2, 0.25) is 0 Å². The molecule has 0 saturated heterocycles. The summed E-state index contributed by atoms with van der Waals surface area (Å²) in [7, 11) is 3.02. The first-order valence-electron chi connectivity index (χ1n) is 7.61. The van der Waals surface area contributed by atoms with Crippen molar-refractivity contribution in [2.24, 2.45) is 0 Å². The van der Waals surface area contributed by atoms with Gasteiger partial charge in [0.05, 0.1) is 19.8 Å². The van der Waals surface area contributed by atoms with E-state index in [1.54, 1.807) is 24.3 Å². The lowest BCUT2D eigenvalue weighted by Crippen LogP contribution is -2.41. The normalized spacial score (nSPS) is 10.1. The molecule has 0 atom stereocenters. The van der Waals surface area contributed by atoms with Gasteiger partial charge >= 0.3 is 0 Å². The molecule has 0 aliphatic heterocycles. The Morgan fingerprint density at radius 2 is 1.52 bits per heavy atom. The van der Waals surface area contributed by atoms with Gasteiger partial charge < -0.3 is 9.47 Å². The van der Waals surface area contributed by atoms with Crippen LogP contribution in [0.15, 0.2) is 36.4 Å². The molecule has 7 heteroatoms. The summed E-state index contributed by atoms with van der Waals surface area (Å²) >= 11 is 2.02. The van der Waals surface area contributed by atoms with Crippen LogP contribution in [-0.4, -0.2) is 26.0 Å². The van der Waals surface area contributed by atoms with E-state index in [2.05, 4.69) is 10.9 Å². The number of ether oxygens (including phenoxy) is 2. The maximum absolute atomic E-state index is 12.3. The van der Waals surface area contributed by atoms with Crippen LogP contribution in [0.2, 0.25) is 0 Å². The summed E-state index contributed by atoms with van der Waals surface area (Å²) in [5, 5.41) is 0. The van der Waals surface area contributed by atoms with E-state index in [9.17, 15) is 9.59 Å². The van der Waals surface area contributed by atoms with Crippen LogP contribution in [0, 0.1) is 3.57 Å². The Kier molecular flexibility index (Phi) is 6.63. The first kappa shape index (κ1) is 19.0. The summed E-state index contributed by atoms with van der Waals surface area (Å²) < 4.78 is 11.1. The van der Waals surface area contributed by atoms with Crippen molar-refractivity contribution in [2.75, 3.05) is 14.2 Å². The number of carbonyl (C=O) groups is 2. The Morgan fingerprint density at radius 1 is 0.960 bits per heavy atom. The molecular weight excluding hydrogens is 435 g/mol. The average molecular weight is 454 g/mol. The van der Waals surface area contributed by atoms with Gasteiger partial charge in [0, 0.05) is 9.13 Å². The van der Waals surface area contributed by atoms with Crippen LogP contribution in [0.5, 0.6) is 11.5 Å². The van der Waals surface area contributed by atoms with Crippen LogP contribution in [-0.2, 0) is 6.42 Å². The smallest absolute Gasteiger partial charge is 0.270 e. The predicted octanol–water partition coefficient (Wildman–Crippen LogP) is 2.95. The minimum atomic E-state index is -0.441. The Labute approximate surface area is 160 Å². The van der Waals surface area contributed by atoms with E-state index in [-0.39, 0.29) is 5.91 Å². The molecular formula is C18H19IN2O4. The second-order valence-electron chi connectivity index (χ2n) is 5.15. The molecule has 0 unspecified atom stereocenters. The standard InChI is InChI=1S/C18H19IN2O4/c1-4-11-5-7-12(8-6-11)17(22)20-21-18(23)13-9-15(24-2)16(25-3)10-14(13)19/h5-10H,4H2,1-3H3,(H,20,22)(H,21,23). The highest BCUT2D eigenvalue weighted by Gasteiger charge is 2.16. The fraction of sp³-hybridized carbons (Fsp3) is 0.222. The van der Waals surface area contributed by atoms with Gasteiger partial charge in [-0.25, -0.2) is 0 Å². The maximum Gasteiger partial charge on any atom is 0.270 e. The number of hydrogen-bond acceptors (Lipinski definition) is 4. The molecule has 132 valence electrons. The summed E-state index contributed by atoms with van der Waals surface area (Å²) in [6.07, 6.45) is 0.899. The topological polar surface area (TPSA) is 76.7 Å². The van der Waals surface area contributed by atoms with Gasteiger partial charge in [0.25, 0.3) is 11.8 Å². The van der Waals surface area contributed by atoms with Crippen LogP contribution in [0.3, 0.4) is 0 Å². The molecule has 0 aliphatic carbocycles. The summed E-state index contributed by atoms with van der Waals surface area (Å²) in [5.41, 5.74) is 6.82. The van der Waals surface area contributed by atoms with E-state index in [4.69, 9.17) is 9.47 Å². The van der Waals surface area contributed by atoms with Crippen LogP contribution < -0.4 is 20.3 Å². The van der Waals surface area contributed by atoms with Crippen molar-refractivity contribution in [2.45, 2.75) is 13.3 Å². The number of halogens is 1. The highest BCUT2D eigenvalue weighted by Crippen LogP contribution is 2.31. The summed E-state index contributed by atoms with van der Waals surface area (Å²) in [5.74, 6) is 0.147. The lowest BCUT2D eigenvalue weighted by molar-refractivity contribution is 0.0846. The molecule has 0 saturated carbocycles. The van der Waals surface area contributed by atoms with Gasteiger partial charge in [-0.05, 0) is 58.8 Å². The molecule has 2 amide bonds. The zero-order chi connectivity index (χ0) is 18.4. The molecule has 2 aromatic carbocycles. The molecule has 0 heterocycles. The number of benzene rings is 2. The van der Waals surface area contributed by atoms with Gasteiger partial charge in [0.15, 0.2) is 11.5 Å². The third-order valence-electron chi connectivity index (χ3n) is 3.63. The molecule has 2 aromatic rings. The second kappa shape index (κ2) is 8.70. The van der Waals surface area contributed by atoms with Crippen molar-refractivity contribution in [3.05, 3.63) is 56.7 Å². The van der Waals surface area contributed by atoms with Crippen LogP contribution in [0.1, 0.15) is 33.2 Å². The van der Waals surface area contributed by atoms with Crippen molar-refractivity contribution < 1.29 is 19.1 Å². The number of methoxy groups -OCH3 is 2. The van der Waals surface area contributed by atoms with Crippen molar-refractivity contribution in [3.63, 3.8) is 0 Å². The molecule has 0 spiro atoms. The molecule has 0 fully saturated rings. The van der Waals surface area contributed by atoms with E-state index in [0.717, 1.165) is 12.0 Å². The number of nitrogens with one attached hydrogen (secondary N) is 2. The fourth-order valence-corrected chi connectivity index (χ4v) is 2.86. The first-order chi connectivity index (χ1) is 12.0. The molecule has 0 bridgehead atoms. The molecule has 2 rings (SSSR count). The second-order valence-corrected chi connectivity index (χ2v) is 6.31. The number of carbonyl (C=O) groups excluding carboxylic acids is 2. The van der Waals surface area contributed by atoms with E-state index < -0.39 is 5.91 Å². The zero-order valence-electron chi connectivity index (χ0n) is 14.2. The van der Waals surface area contributed by atoms with Gasteiger partial charge in [-0.15, -0.1) is 0 Å². The zero-order valence-corrected chi connectivity index (χ0v) is 16.3. The summed E-state index contributed by atoms with van der Waals surface area (Å²) in [6.45, 7) is 2.04. The minimum absolute atomic E-state index is 0.375. The first-order valence-corrected chi connectivity index (χ1v) is 8.69. The molecule has 25 heavy (non-hydrogen) atoms. The summed E-state index contributed by atoms with van der Waals surface area (Å²) in [6, 6.07) is 10.5. The lowest BCUT2D eigenvalue weighted by atomic mass is 10.1. The predicted molar refractivity (Wildman–Crippen MR) is 103 cm³/mol. The lowest BCUT2D eigenvalue weighted by Gasteiger charge is -2.12. The van der Waals surface area contributed by atoms with E-state index >= 15 is 0 Å². The maximum atomic E-state index is 12.3. The molecule has 0 aliphatic rings. The van der Waals surface area contributed by atoms with Crippen LogP contribution in [0.4, 0.5) is 0 Å². The monoisotopic (exact) mass is 454 g/mol. The van der Waals surface area contributed by atoms with Gasteiger partial charge in [-0.2, -0.15) is 0 Å². The number of amides is 2. The molecule has 0 radical (unpaired) electrons. The number of hydrogen-bond donors (Lipinski definition) is 2. The molecule has 6 nitrogen and oxygen atoms in total. The number of aryl methyl sites for hydroxylation is 1. The fourth-order valence-electron chi connectivity index (χ4n) is 2.17. The highest BCUT2D eigenvalue weighted by atomic mass is 127. The number of hydrazine groups is 1. The van der Waals surface area contributed by atoms with Gasteiger partial charge in [-0.1, -0.05) is 19.1 Å². The Hall–Kier alpha value is -2.29. The third kappa shape index (κ3) is 4.62. The van der Waals surface area contributed by atoms with Gasteiger partial charge in [-0.3, -0.25) is 20.4 Å². The summed E-state index contributed by atoms with van der Waals surface area (Å²) in [4.78, 5) is 24.5. The molecule has 0 aromatic heterocycles. The highest BCUT2D eigenvalue weighted by molar-refractivity contribution is 14.1. The van der Waals surface area contributed by atoms with E-state index in [0.29, 0.717) is 26.2 Å². The van der Waals surface area contributed by atoms with Crippen LogP contribution >= 0.6 is 22.6 Å². The Bertz CT molecular complexity index is 775. The Morgan fingerprint density at radius 3 is 2.08 bits per heavy atom. The van der Waals surface area contributed by atoms with E-state index in [1.165, 1.54) is 14.2 Å². The minimum Gasteiger partial charge on any atom is -0.493 e. The largest absolute Gasteiger partial charge is 0.493 e. The Balaban J connectivity index is 2.07. The van der Waals surface area contributed by atoms with Crippen LogP contribution in [0.25, 0.3) is 0 Å². The molecule has 2 N–H and O–H groups in total. The third-order valence-corrected chi connectivity index (χ3v) is 4.52. The van der Waals surface area contributed by atoms with Crippen molar-refractivity contribution >= 4 is 34.4 Å². The van der Waals surface area contributed by atoms with Crippen molar-refractivity contribution in [1.82, 2.24) is 10.9 Å². The quantitative estimate of drug-likeness (QED) is 0.538. The SMILES string of the molecule is CCc1ccc(C(=O)NNC(=O)c2cc(OC)c(OC)cc2I)cc1. The van der Waals surface area contributed by atoms with Gasteiger partial charge in [0.1, 0.15) is 0 Å². The average Bonchev–Trinajstić information content (AvgIpc) is 2.65. The van der Waals surface area contributed by atoms with E-state index in [1.807, 2.05) is 41.6 Å². The van der Waals surface area contributed by atoms with Crippen molar-refractivity contribution in [3.8, 4) is 11.5 Å².